The Labute approximate surface area is 153 Å². The zero-order valence-corrected chi connectivity index (χ0v) is 14.5. The molecule has 0 heterocycles. The number of benzene rings is 2. The second-order valence-electron chi connectivity index (χ2n) is 5.44. The number of methoxy groups -OCH3 is 2. The normalized spacial score (nSPS) is 10.9. The number of ether oxygens (including phenoxy) is 2. The molecule has 0 aliphatic rings. The van der Waals surface area contributed by atoms with E-state index in [-0.39, 0.29) is 12.2 Å². The van der Waals surface area contributed by atoms with Crippen LogP contribution in [0.15, 0.2) is 42.5 Å². The van der Waals surface area contributed by atoms with Gasteiger partial charge in [-0.05, 0) is 29.8 Å². The van der Waals surface area contributed by atoms with Crippen LogP contribution in [0.1, 0.15) is 15.9 Å². The number of halogens is 3. The Morgan fingerprint density at radius 2 is 1.63 bits per heavy atom. The summed E-state index contributed by atoms with van der Waals surface area (Å²) >= 11 is 0. The van der Waals surface area contributed by atoms with E-state index in [1.807, 2.05) is 0 Å². The van der Waals surface area contributed by atoms with Crippen molar-refractivity contribution in [3.63, 3.8) is 0 Å². The zero-order chi connectivity index (χ0) is 20.0. The molecule has 27 heavy (non-hydrogen) atoms. The summed E-state index contributed by atoms with van der Waals surface area (Å²) in [6, 6.07) is 10.4. The molecular formula is C18H17F3N2O4. The molecule has 2 amide bonds. The van der Waals surface area contributed by atoms with E-state index >= 15 is 0 Å². The minimum atomic E-state index is -4.98. The van der Waals surface area contributed by atoms with Crippen molar-refractivity contribution in [1.29, 1.82) is 0 Å². The lowest BCUT2D eigenvalue weighted by Gasteiger charge is -2.11. The SMILES string of the molecule is COc1cc(OC)cc(C(=O)NCc2cccc(NC(=O)C(F)(F)F)c2)c1. The highest BCUT2D eigenvalue weighted by Crippen LogP contribution is 2.23. The molecule has 0 atom stereocenters. The van der Waals surface area contributed by atoms with Gasteiger partial charge in [-0.3, -0.25) is 9.59 Å². The fourth-order valence-corrected chi connectivity index (χ4v) is 2.18. The van der Waals surface area contributed by atoms with Gasteiger partial charge in [-0.15, -0.1) is 0 Å². The van der Waals surface area contributed by atoms with Gasteiger partial charge < -0.3 is 20.1 Å². The highest BCUT2D eigenvalue weighted by atomic mass is 19.4. The van der Waals surface area contributed by atoms with Crippen LogP contribution in [-0.4, -0.2) is 32.2 Å². The van der Waals surface area contributed by atoms with E-state index in [4.69, 9.17) is 9.47 Å². The third-order valence-corrected chi connectivity index (χ3v) is 3.51. The number of amides is 2. The summed E-state index contributed by atoms with van der Waals surface area (Å²) in [5.41, 5.74) is 0.790. The highest BCUT2D eigenvalue weighted by Gasteiger charge is 2.38. The number of rotatable bonds is 6. The van der Waals surface area contributed by atoms with Gasteiger partial charge in [0.2, 0.25) is 0 Å². The molecule has 0 saturated heterocycles. The molecule has 0 fully saturated rings. The van der Waals surface area contributed by atoms with Crippen LogP contribution in [0.3, 0.4) is 0 Å². The predicted octanol–water partition coefficient (Wildman–Crippen LogP) is 3.13. The molecule has 2 aromatic rings. The summed E-state index contributed by atoms with van der Waals surface area (Å²) in [7, 11) is 2.91. The van der Waals surface area contributed by atoms with Gasteiger partial charge in [0.15, 0.2) is 0 Å². The van der Waals surface area contributed by atoms with Crippen LogP contribution in [-0.2, 0) is 11.3 Å². The number of carbonyl (C=O) groups excluding carboxylic acids is 2. The Balaban J connectivity index is 2.05. The van der Waals surface area contributed by atoms with Crippen LogP contribution in [0.2, 0.25) is 0 Å². The first-order valence-corrected chi connectivity index (χ1v) is 7.71. The van der Waals surface area contributed by atoms with Crippen LogP contribution in [0, 0.1) is 0 Å². The summed E-state index contributed by atoms with van der Waals surface area (Å²) in [6.45, 7) is 0.0497. The number of hydrogen-bond donors (Lipinski definition) is 2. The Morgan fingerprint density at radius 1 is 1.00 bits per heavy atom. The molecule has 0 aliphatic heterocycles. The van der Waals surface area contributed by atoms with Crippen molar-refractivity contribution >= 4 is 17.5 Å². The first-order chi connectivity index (χ1) is 12.7. The summed E-state index contributed by atoms with van der Waals surface area (Å²) < 4.78 is 47.1. The molecule has 0 radical (unpaired) electrons. The molecule has 0 aromatic heterocycles. The summed E-state index contributed by atoms with van der Waals surface area (Å²) in [5, 5.41) is 4.41. The monoisotopic (exact) mass is 382 g/mol. The first kappa shape index (κ1) is 20.1. The molecular weight excluding hydrogens is 365 g/mol. The topological polar surface area (TPSA) is 76.7 Å². The van der Waals surface area contributed by atoms with Crippen LogP contribution >= 0.6 is 0 Å². The standard InChI is InChI=1S/C18H17F3N2O4/c1-26-14-7-12(8-15(9-14)27-2)16(24)22-10-11-4-3-5-13(6-11)23-17(25)18(19,20)21/h3-9H,10H2,1-2H3,(H,22,24)(H,23,25). The van der Waals surface area contributed by atoms with E-state index in [9.17, 15) is 22.8 Å². The Bertz CT molecular complexity index is 815. The maximum absolute atomic E-state index is 12.3. The fourth-order valence-electron chi connectivity index (χ4n) is 2.18. The molecule has 0 bridgehead atoms. The lowest BCUT2D eigenvalue weighted by atomic mass is 10.1. The molecule has 2 N–H and O–H groups in total. The van der Waals surface area contributed by atoms with Gasteiger partial charge in [-0.25, -0.2) is 0 Å². The molecule has 0 aliphatic carbocycles. The Morgan fingerprint density at radius 3 is 2.19 bits per heavy atom. The van der Waals surface area contributed by atoms with Gasteiger partial charge in [0.1, 0.15) is 11.5 Å². The van der Waals surface area contributed by atoms with Crippen molar-refractivity contribution in [3.05, 3.63) is 53.6 Å². The molecule has 6 nitrogen and oxygen atoms in total. The second kappa shape index (κ2) is 8.43. The van der Waals surface area contributed by atoms with Gasteiger partial charge in [-0.1, -0.05) is 12.1 Å². The van der Waals surface area contributed by atoms with E-state index in [1.54, 1.807) is 17.4 Å². The fraction of sp³-hybridized carbons (Fsp3) is 0.222. The van der Waals surface area contributed by atoms with Crippen molar-refractivity contribution in [1.82, 2.24) is 5.32 Å². The number of nitrogens with one attached hydrogen (secondary N) is 2. The average molecular weight is 382 g/mol. The molecule has 2 rings (SSSR count). The highest BCUT2D eigenvalue weighted by molar-refractivity contribution is 5.95. The molecule has 0 saturated carbocycles. The van der Waals surface area contributed by atoms with Crippen molar-refractivity contribution in [3.8, 4) is 11.5 Å². The van der Waals surface area contributed by atoms with Gasteiger partial charge in [0.25, 0.3) is 5.91 Å². The number of hydrogen-bond acceptors (Lipinski definition) is 4. The van der Waals surface area contributed by atoms with E-state index in [2.05, 4.69) is 5.32 Å². The molecule has 2 aromatic carbocycles. The molecule has 0 unspecified atom stereocenters. The lowest BCUT2D eigenvalue weighted by molar-refractivity contribution is -0.167. The summed E-state index contributed by atoms with van der Waals surface area (Å²) in [6.07, 6.45) is -4.98. The number of alkyl halides is 3. The lowest BCUT2D eigenvalue weighted by Crippen LogP contribution is -2.30. The second-order valence-corrected chi connectivity index (χ2v) is 5.44. The van der Waals surface area contributed by atoms with Crippen molar-refractivity contribution in [2.75, 3.05) is 19.5 Å². The predicted molar refractivity (Wildman–Crippen MR) is 91.8 cm³/mol. The molecule has 144 valence electrons. The third kappa shape index (κ3) is 5.63. The van der Waals surface area contributed by atoms with Crippen LogP contribution in [0.4, 0.5) is 18.9 Å². The number of carbonyl (C=O) groups is 2. The van der Waals surface area contributed by atoms with Crippen molar-refractivity contribution < 1.29 is 32.2 Å². The maximum Gasteiger partial charge on any atom is 0.471 e. The van der Waals surface area contributed by atoms with E-state index in [0.29, 0.717) is 22.6 Å². The minimum Gasteiger partial charge on any atom is -0.497 e. The quantitative estimate of drug-likeness (QED) is 0.805. The summed E-state index contributed by atoms with van der Waals surface area (Å²) in [5.74, 6) is -1.60. The van der Waals surface area contributed by atoms with Crippen molar-refractivity contribution in [2.45, 2.75) is 12.7 Å². The first-order valence-electron chi connectivity index (χ1n) is 7.71. The van der Waals surface area contributed by atoms with Crippen molar-refractivity contribution in [2.24, 2.45) is 0 Å². The van der Waals surface area contributed by atoms with E-state index in [0.717, 1.165) is 0 Å². The third-order valence-electron chi connectivity index (χ3n) is 3.51. The summed E-state index contributed by atoms with van der Waals surface area (Å²) in [4.78, 5) is 23.3. The number of anilines is 1. The zero-order valence-electron chi connectivity index (χ0n) is 14.5. The molecule has 9 heteroatoms. The smallest absolute Gasteiger partial charge is 0.471 e. The van der Waals surface area contributed by atoms with Gasteiger partial charge in [-0.2, -0.15) is 13.2 Å². The minimum absolute atomic E-state index is 0.0212. The average Bonchev–Trinajstić information content (AvgIpc) is 2.65. The van der Waals surface area contributed by atoms with Crippen LogP contribution < -0.4 is 20.1 Å². The Kier molecular flexibility index (Phi) is 6.27. The van der Waals surface area contributed by atoms with Crippen LogP contribution in [0.25, 0.3) is 0 Å². The van der Waals surface area contributed by atoms with Gasteiger partial charge >= 0.3 is 12.1 Å². The van der Waals surface area contributed by atoms with E-state index < -0.39 is 18.0 Å². The van der Waals surface area contributed by atoms with E-state index in [1.165, 1.54) is 44.6 Å². The molecule has 0 spiro atoms. The largest absolute Gasteiger partial charge is 0.497 e. The van der Waals surface area contributed by atoms with Gasteiger partial charge in [0, 0.05) is 23.9 Å². The Hall–Kier alpha value is -3.23. The van der Waals surface area contributed by atoms with Gasteiger partial charge in [0.05, 0.1) is 14.2 Å². The maximum atomic E-state index is 12.3. The van der Waals surface area contributed by atoms with Crippen LogP contribution in [0.5, 0.6) is 11.5 Å².